The average Bonchev–Trinajstić information content (AvgIpc) is 2.86. The Balaban J connectivity index is 1.97. The van der Waals surface area contributed by atoms with Gasteiger partial charge in [-0.05, 0) is 31.2 Å². The fourth-order valence-corrected chi connectivity index (χ4v) is 2.46. The molecule has 1 saturated heterocycles. The SMILES string of the molecule is CCN(CCO)C(=O)N[C@H]1CC(=O)N(c2ccc(F)cc2)C1. The number of rotatable bonds is 5. The summed E-state index contributed by atoms with van der Waals surface area (Å²) in [7, 11) is 0. The second-order valence-electron chi connectivity index (χ2n) is 5.13. The van der Waals surface area contributed by atoms with Gasteiger partial charge in [0.1, 0.15) is 5.82 Å². The van der Waals surface area contributed by atoms with Crippen molar-refractivity contribution in [3.63, 3.8) is 0 Å². The smallest absolute Gasteiger partial charge is 0.317 e. The molecule has 2 rings (SSSR count). The molecule has 0 bridgehead atoms. The minimum absolute atomic E-state index is 0.105. The van der Waals surface area contributed by atoms with E-state index in [1.807, 2.05) is 6.92 Å². The van der Waals surface area contributed by atoms with Gasteiger partial charge in [-0.1, -0.05) is 0 Å². The van der Waals surface area contributed by atoms with E-state index in [1.54, 1.807) is 12.1 Å². The van der Waals surface area contributed by atoms with Crippen LogP contribution in [-0.2, 0) is 4.79 Å². The molecule has 120 valence electrons. The Morgan fingerprint density at radius 1 is 1.45 bits per heavy atom. The molecule has 1 fully saturated rings. The van der Waals surface area contributed by atoms with Crippen molar-refractivity contribution >= 4 is 17.6 Å². The number of halogens is 1. The van der Waals surface area contributed by atoms with Crippen LogP contribution in [0.1, 0.15) is 13.3 Å². The lowest BCUT2D eigenvalue weighted by Crippen LogP contribution is -2.46. The van der Waals surface area contributed by atoms with Crippen LogP contribution in [0.2, 0.25) is 0 Å². The van der Waals surface area contributed by atoms with E-state index >= 15 is 0 Å². The fraction of sp³-hybridized carbons (Fsp3) is 0.467. The molecule has 7 heteroatoms. The lowest BCUT2D eigenvalue weighted by molar-refractivity contribution is -0.117. The summed E-state index contributed by atoms with van der Waals surface area (Å²) in [5.41, 5.74) is 0.617. The Morgan fingerprint density at radius 3 is 2.73 bits per heavy atom. The summed E-state index contributed by atoms with van der Waals surface area (Å²) in [6.07, 6.45) is 0.208. The van der Waals surface area contributed by atoms with Crippen molar-refractivity contribution in [2.24, 2.45) is 0 Å². The number of carbonyl (C=O) groups is 2. The van der Waals surface area contributed by atoms with Crippen LogP contribution in [0.3, 0.4) is 0 Å². The maximum absolute atomic E-state index is 12.9. The topological polar surface area (TPSA) is 72.9 Å². The molecular formula is C15H20FN3O3. The van der Waals surface area contributed by atoms with Gasteiger partial charge in [-0.15, -0.1) is 0 Å². The van der Waals surface area contributed by atoms with Gasteiger partial charge in [0.15, 0.2) is 0 Å². The molecular weight excluding hydrogens is 289 g/mol. The highest BCUT2D eigenvalue weighted by Crippen LogP contribution is 2.21. The van der Waals surface area contributed by atoms with E-state index in [0.29, 0.717) is 18.8 Å². The van der Waals surface area contributed by atoms with E-state index in [2.05, 4.69) is 5.32 Å². The third-order valence-corrected chi connectivity index (χ3v) is 3.63. The summed E-state index contributed by atoms with van der Waals surface area (Å²) < 4.78 is 12.9. The quantitative estimate of drug-likeness (QED) is 0.851. The van der Waals surface area contributed by atoms with Crippen molar-refractivity contribution in [2.45, 2.75) is 19.4 Å². The molecule has 1 aromatic carbocycles. The molecule has 0 spiro atoms. The van der Waals surface area contributed by atoms with E-state index in [0.717, 1.165) is 0 Å². The van der Waals surface area contributed by atoms with E-state index < -0.39 is 0 Å². The van der Waals surface area contributed by atoms with Crippen LogP contribution in [0, 0.1) is 5.82 Å². The van der Waals surface area contributed by atoms with Gasteiger partial charge in [0.05, 0.1) is 12.6 Å². The normalized spacial score (nSPS) is 17.7. The highest BCUT2D eigenvalue weighted by Gasteiger charge is 2.32. The van der Waals surface area contributed by atoms with Crippen molar-refractivity contribution in [2.75, 3.05) is 31.1 Å². The lowest BCUT2D eigenvalue weighted by atomic mass is 10.2. The van der Waals surface area contributed by atoms with Crippen LogP contribution in [-0.4, -0.2) is 54.2 Å². The summed E-state index contributed by atoms with van der Waals surface area (Å²) in [5, 5.41) is 11.7. The molecule has 1 heterocycles. The lowest BCUT2D eigenvalue weighted by Gasteiger charge is -2.23. The third kappa shape index (κ3) is 3.73. The summed E-state index contributed by atoms with van der Waals surface area (Å²) in [6.45, 7) is 2.80. The predicted molar refractivity (Wildman–Crippen MR) is 80.0 cm³/mol. The van der Waals surface area contributed by atoms with E-state index in [1.165, 1.54) is 21.9 Å². The highest BCUT2D eigenvalue weighted by atomic mass is 19.1. The van der Waals surface area contributed by atoms with Gasteiger partial charge in [-0.3, -0.25) is 4.79 Å². The number of nitrogens with zero attached hydrogens (tertiary/aromatic N) is 2. The van der Waals surface area contributed by atoms with Crippen molar-refractivity contribution in [3.05, 3.63) is 30.1 Å². The zero-order valence-electron chi connectivity index (χ0n) is 12.5. The van der Waals surface area contributed by atoms with Gasteiger partial charge in [0.2, 0.25) is 5.91 Å². The van der Waals surface area contributed by atoms with Gasteiger partial charge in [0, 0.05) is 31.7 Å². The number of hydrogen-bond donors (Lipinski definition) is 2. The van der Waals surface area contributed by atoms with E-state index in [4.69, 9.17) is 5.11 Å². The first-order valence-corrected chi connectivity index (χ1v) is 7.27. The number of likely N-dealkylation sites (N-methyl/N-ethyl adjacent to an activating group) is 1. The van der Waals surface area contributed by atoms with Crippen LogP contribution in [0.25, 0.3) is 0 Å². The summed E-state index contributed by atoms with van der Waals surface area (Å²) in [5.74, 6) is -0.468. The number of aliphatic hydroxyl groups is 1. The molecule has 0 aliphatic carbocycles. The third-order valence-electron chi connectivity index (χ3n) is 3.63. The zero-order valence-corrected chi connectivity index (χ0v) is 12.5. The largest absolute Gasteiger partial charge is 0.395 e. The maximum Gasteiger partial charge on any atom is 0.317 e. The molecule has 1 aliphatic rings. The number of amides is 3. The molecule has 0 radical (unpaired) electrons. The number of hydrogen-bond acceptors (Lipinski definition) is 3. The van der Waals surface area contributed by atoms with Crippen LogP contribution in [0.4, 0.5) is 14.9 Å². The van der Waals surface area contributed by atoms with Gasteiger partial charge >= 0.3 is 6.03 Å². The first kappa shape index (κ1) is 16.2. The Morgan fingerprint density at radius 2 is 2.14 bits per heavy atom. The Kier molecular flexibility index (Phi) is 5.32. The molecule has 6 nitrogen and oxygen atoms in total. The van der Waals surface area contributed by atoms with Crippen LogP contribution >= 0.6 is 0 Å². The summed E-state index contributed by atoms with van der Waals surface area (Å²) in [4.78, 5) is 27.1. The van der Waals surface area contributed by atoms with Gasteiger partial charge in [-0.25, -0.2) is 9.18 Å². The molecule has 1 atom stereocenters. The summed E-state index contributed by atoms with van der Waals surface area (Å²) in [6, 6.07) is 5.10. The van der Waals surface area contributed by atoms with Crippen LogP contribution in [0.5, 0.6) is 0 Å². The first-order chi connectivity index (χ1) is 10.5. The maximum atomic E-state index is 12.9. The highest BCUT2D eigenvalue weighted by molar-refractivity contribution is 5.96. The van der Waals surface area contributed by atoms with E-state index in [-0.39, 0.29) is 43.4 Å². The van der Waals surface area contributed by atoms with Crippen molar-refractivity contribution in [1.82, 2.24) is 10.2 Å². The van der Waals surface area contributed by atoms with Gasteiger partial charge in [-0.2, -0.15) is 0 Å². The molecule has 2 N–H and O–H groups in total. The molecule has 1 aromatic rings. The molecule has 0 saturated carbocycles. The Bertz CT molecular complexity index is 535. The van der Waals surface area contributed by atoms with Crippen molar-refractivity contribution in [3.8, 4) is 0 Å². The Hall–Kier alpha value is -2.15. The average molecular weight is 309 g/mol. The molecule has 3 amide bonds. The zero-order chi connectivity index (χ0) is 16.1. The fourth-order valence-electron chi connectivity index (χ4n) is 2.46. The van der Waals surface area contributed by atoms with Gasteiger partial charge < -0.3 is 20.2 Å². The molecule has 0 aromatic heterocycles. The number of carbonyl (C=O) groups excluding carboxylic acids is 2. The minimum atomic E-state index is -0.358. The predicted octanol–water partition coefficient (Wildman–Crippen LogP) is 0.955. The van der Waals surface area contributed by atoms with Gasteiger partial charge in [0.25, 0.3) is 0 Å². The molecule has 22 heavy (non-hydrogen) atoms. The second kappa shape index (κ2) is 7.22. The van der Waals surface area contributed by atoms with Crippen LogP contribution in [0.15, 0.2) is 24.3 Å². The second-order valence-corrected chi connectivity index (χ2v) is 5.13. The number of anilines is 1. The monoisotopic (exact) mass is 309 g/mol. The molecule has 1 aliphatic heterocycles. The minimum Gasteiger partial charge on any atom is -0.395 e. The number of nitrogens with one attached hydrogen (secondary N) is 1. The standard InChI is InChI=1S/C15H20FN3O3/c1-2-18(7-8-20)15(22)17-12-9-14(21)19(10-12)13-5-3-11(16)4-6-13/h3-6,12,20H,2,7-10H2,1H3,(H,17,22)/t12-/m0/s1. The Labute approximate surface area is 128 Å². The first-order valence-electron chi connectivity index (χ1n) is 7.27. The number of aliphatic hydroxyl groups excluding tert-OH is 1. The van der Waals surface area contributed by atoms with Crippen LogP contribution < -0.4 is 10.2 Å². The number of urea groups is 1. The van der Waals surface area contributed by atoms with E-state index in [9.17, 15) is 14.0 Å². The van der Waals surface area contributed by atoms with Crippen molar-refractivity contribution in [1.29, 1.82) is 0 Å². The summed E-state index contributed by atoms with van der Waals surface area (Å²) >= 11 is 0. The molecule has 0 unspecified atom stereocenters. The van der Waals surface area contributed by atoms with Crippen molar-refractivity contribution < 1.29 is 19.1 Å². The number of benzene rings is 1.